The second-order valence-electron chi connectivity index (χ2n) is 4.30. The SMILES string of the molecule is COC(=O)C(=[N+]=[N-])c1ccccc1-c1ccccc1C. The highest BCUT2D eigenvalue weighted by Gasteiger charge is 2.26. The molecule has 2 aromatic carbocycles. The van der Waals surface area contributed by atoms with Crippen molar-refractivity contribution in [2.75, 3.05) is 7.11 Å². The van der Waals surface area contributed by atoms with Crippen LogP contribution in [0.3, 0.4) is 0 Å². The summed E-state index contributed by atoms with van der Waals surface area (Å²) in [4.78, 5) is 14.8. The Bertz CT molecular complexity index is 701. The van der Waals surface area contributed by atoms with Crippen molar-refractivity contribution < 1.29 is 14.3 Å². The van der Waals surface area contributed by atoms with E-state index < -0.39 is 5.97 Å². The monoisotopic (exact) mass is 266 g/mol. The van der Waals surface area contributed by atoms with Crippen molar-refractivity contribution in [3.8, 4) is 11.1 Å². The molecule has 4 nitrogen and oxygen atoms in total. The van der Waals surface area contributed by atoms with E-state index in [-0.39, 0.29) is 5.71 Å². The molecule has 4 heteroatoms. The maximum absolute atomic E-state index is 11.7. The van der Waals surface area contributed by atoms with E-state index in [4.69, 9.17) is 5.53 Å². The van der Waals surface area contributed by atoms with Gasteiger partial charge in [-0.3, -0.25) is 0 Å². The third kappa shape index (κ3) is 2.51. The van der Waals surface area contributed by atoms with Crippen LogP contribution in [0.1, 0.15) is 11.1 Å². The molecule has 0 saturated carbocycles. The second-order valence-corrected chi connectivity index (χ2v) is 4.30. The van der Waals surface area contributed by atoms with E-state index in [0.29, 0.717) is 5.56 Å². The van der Waals surface area contributed by atoms with Crippen LogP contribution in [-0.4, -0.2) is 23.6 Å². The van der Waals surface area contributed by atoms with Gasteiger partial charge in [-0.2, -0.15) is 4.79 Å². The molecule has 0 aliphatic rings. The van der Waals surface area contributed by atoms with Gasteiger partial charge in [-0.15, -0.1) is 0 Å². The van der Waals surface area contributed by atoms with Crippen LogP contribution in [0, 0.1) is 6.92 Å². The van der Waals surface area contributed by atoms with E-state index in [9.17, 15) is 4.79 Å². The number of benzene rings is 2. The minimum atomic E-state index is -0.673. The van der Waals surface area contributed by atoms with Crippen molar-refractivity contribution in [2.24, 2.45) is 0 Å². The molecule has 100 valence electrons. The number of carbonyl (C=O) groups is 1. The Morgan fingerprint density at radius 1 is 1.05 bits per heavy atom. The molecule has 2 aromatic rings. The third-order valence-electron chi connectivity index (χ3n) is 3.10. The van der Waals surface area contributed by atoms with Gasteiger partial charge in [0.05, 0.1) is 12.7 Å². The van der Waals surface area contributed by atoms with Crippen LogP contribution in [0.15, 0.2) is 48.5 Å². The minimum absolute atomic E-state index is 0.105. The summed E-state index contributed by atoms with van der Waals surface area (Å²) >= 11 is 0. The molecule has 0 N–H and O–H groups in total. The molecule has 0 saturated heterocycles. The van der Waals surface area contributed by atoms with Crippen molar-refractivity contribution in [2.45, 2.75) is 6.92 Å². The first-order chi connectivity index (χ1) is 9.69. The van der Waals surface area contributed by atoms with E-state index in [1.165, 1.54) is 7.11 Å². The molecular formula is C16H14N2O2. The average Bonchev–Trinajstić information content (AvgIpc) is 2.49. The predicted molar refractivity (Wildman–Crippen MR) is 76.4 cm³/mol. The summed E-state index contributed by atoms with van der Waals surface area (Å²) in [5, 5.41) is 0. The third-order valence-corrected chi connectivity index (χ3v) is 3.10. The van der Waals surface area contributed by atoms with Gasteiger partial charge in [-0.25, -0.2) is 4.79 Å². The fourth-order valence-corrected chi connectivity index (χ4v) is 2.10. The number of ether oxygens (including phenoxy) is 1. The maximum Gasteiger partial charge on any atom is 0.422 e. The summed E-state index contributed by atoms with van der Waals surface area (Å²) in [5.41, 5.74) is 12.4. The van der Waals surface area contributed by atoms with E-state index in [1.807, 2.05) is 43.3 Å². The number of carbonyl (C=O) groups excluding carboxylic acids is 1. The zero-order valence-electron chi connectivity index (χ0n) is 11.3. The second kappa shape index (κ2) is 5.95. The molecule has 0 radical (unpaired) electrons. The Labute approximate surface area is 117 Å². The van der Waals surface area contributed by atoms with Gasteiger partial charge in [-0.1, -0.05) is 42.5 Å². The fraction of sp³-hybridized carbons (Fsp3) is 0.125. The lowest BCUT2D eigenvalue weighted by Crippen LogP contribution is -2.19. The van der Waals surface area contributed by atoms with Gasteiger partial charge in [0.25, 0.3) is 0 Å². The predicted octanol–water partition coefficient (Wildman–Crippen LogP) is 2.85. The number of hydrogen-bond acceptors (Lipinski definition) is 2. The Morgan fingerprint density at radius 2 is 1.65 bits per heavy atom. The molecule has 0 aliphatic carbocycles. The lowest BCUT2D eigenvalue weighted by atomic mass is 9.94. The van der Waals surface area contributed by atoms with Crippen molar-refractivity contribution in [1.29, 1.82) is 0 Å². The van der Waals surface area contributed by atoms with E-state index in [0.717, 1.165) is 16.7 Å². The quantitative estimate of drug-likeness (QED) is 0.371. The molecule has 0 atom stereocenters. The Balaban J connectivity index is 2.66. The van der Waals surface area contributed by atoms with Gasteiger partial charge in [0.2, 0.25) is 0 Å². The van der Waals surface area contributed by atoms with Crippen LogP contribution in [0.4, 0.5) is 0 Å². The highest BCUT2D eigenvalue weighted by molar-refractivity contribution is 6.42. The van der Waals surface area contributed by atoms with Crippen LogP contribution >= 0.6 is 0 Å². The first-order valence-electron chi connectivity index (χ1n) is 6.14. The normalized spacial score (nSPS) is 9.70. The lowest BCUT2D eigenvalue weighted by molar-refractivity contribution is -0.137. The summed E-state index contributed by atoms with van der Waals surface area (Å²) < 4.78 is 4.65. The van der Waals surface area contributed by atoms with Crippen LogP contribution in [0.5, 0.6) is 0 Å². The number of nitrogens with zero attached hydrogens (tertiary/aromatic N) is 2. The Hall–Kier alpha value is -2.71. The van der Waals surface area contributed by atoms with Gasteiger partial charge in [-0.05, 0) is 29.7 Å². The number of methoxy groups -OCH3 is 1. The zero-order chi connectivity index (χ0) is 14.5. The number of esters is 1. The molecule has 0 spiro atoms. The molecular weight excluding hydrogens is 252 g/mol. The molecule has 20 heavy (non-hydrogen) atoms. The largest absolute Gasteiger partial charge is 0.460 e. The van der Waals surface area contributed by atoms with Crippen molar-refractivity contribution >= 4 is 11.7 Å². The first-order valence-corrected chi connectivity index (χ1v) is 6.14. The number of aryl methyl sites for hydroxylation is 1. The molecule has 0 unspecified atom stereocenters. The fourth-order valence-electron chi connectivity index (χ4n) is 2.10. The summed E-state index contributed by atoms with van der Waals surface area (Å²) in [5.74, 6) is -0.673. The number of hydrogen-bond donors (Lipinski definition) is 0. The molecule has 0 bridgehead atoms. The Kier molecular flexibility index (Phi) is 4.08. The van der Waals surface area contributed by atoms with Crippen LogP contribution in [-0.2, 0) is 9.53 Å². The van der Waals surface area contributed by atoms with Crippen molar-refractivity contribution in [3.05, 3.63) is 65.2 Å². The van der Waals surface area contributed by atoms with Crippen molar-refractivity contribution in [1.82, 2.24) is 0 Å². The molecule has 0 heterocycles. The molecule has 2 rings (SSSR count). The summed E-state index contributed by atoms with van der Waals surface area (Å²) in [7, 11) is 1.25. The van der Waals surface area contributed by atoms with E-state index >= 15 is 0 Å². The topological polar surface area (TPSA) is 62.7 Å². The average molecular weight is 266 g/mol. The standard InChI is InChI=1S/C16H14N2O2/c1-11-7-3-4-8-12(11)13-9-5-6-10-14(13)15(18-17)16(19)20-2/h3-10H,1-2H3. The minimum Gasteiger partial charge on any atom is -0.460 e. The van der Waals surface area contributed by atoms with Crippen LogP contribution in [0.2, 0.25) is 0 Å². The molecule has 0 amide bonds. The van der Waals surface area contributed by atoms with Crippen LogP contribution < -0.4 is 0 Å². The summed E-state index contributed by atoms with van der Waals surface area (Å²) in [6.07, 6.45) is 0. The van der Waals surface area contributed by atoms with E-state index in [2.05, 4.69) is 9.53 Å². The number of rotatable bonds is 3. The smallest absolute Gasteiger partial charge is 0.422 e. The van der Waals surface area contributed by atoms with Gasteiger partial charge in [0, 0.05) is 0 Å². The molecule has 0 aliphatic heterocycles. The molecule has 0 aromatic heterocycles. The zero-order valence-corrected chi connectivity index (χ0v) is 11.3. The van der Waals surface area contributed by atoms with Gasteiger partial charge in [0.15, 0.2) is 0 Å². The summed E-state index contributed by atoms with van der Waals surface area (Å²) in [6.45, 7) is 1.99. The van der Waals surface area contributed by atoms with E-state index in [1.54, 1.807) is 12.1 Å². The molecule has 0 fully saturated rings. The van der Waals surface area contributed by atoms with Gasteiger partial charge >= 0.3 is 11.7 Å². The Morgan fingerprint density at radius 3 is 2.25 bits per heavy atom. The van der Waals surface area contributed by atoms with Gasteiger partial charge < -0.3 is 10.3 Å². The highest BCUT2D eigenvalue weighted by Crippen LogP contribution is 2.27. The maximum atomic E-state index is 11.7. The van der Waals surface area contributed by atoms with Crippen LogP contribution in [0.25, 0.3) is 16.7 Å². The van der Waals surface area contributed by atoms with Crippen molar-refractivity contribution in [3.63, 3.8) is 0 Å². The first kappa shape index (κ1) is 13.7. The highest BCUT2D eigenvalue weighted by atomic mass is 16.5. The lowest BCUT2D eigenvalue weighted by Gasteiger charge is -2.08. The van der Waals surface area contributed by atoms with Gasteiger partial charge in [0.1, 0.15) is 0 Å². The summed E-state index contributed by atoms with van der Waals surface area (Å²) in [6, 6.07) is 15.1.